The lowest BCUT2D eigenvalue weighted by Crippen LogP contribution is -2.23. The van der Waals surface area contributed by atoms with Gasteiger partial charge in [-0.25, -0.2) is 0 Å². The molecule has 0 heterocycles. The van der Waals surface area contributed by atoms with Crippen LogP contribution in [0.25, 0.3) is 10.8 Å². The predicted molar refractivity (Wildman–Crippen MR) is 74.1 cm³/mol. The third-order valence-electron chi connectivity index (χ3n) is 2.91. The molecule has 3 heteroatoms. The first-order valence-corrected chi connectivity index (χ1v) is 6.24. The Labute approximate surface area is 107 Å². The Hall–Kier alpha value is -1.87. The van der Waals surface area contributed by atoms with E-state index in [4.69, 9.17) is 5.73 Å². The van der Waals surface area contributed by atoms with Crippen LogP contribution in [0.3, 0.4) is 0 Å². The van der Waals surface area contributed by atoms with Crippen molar-refractivity contribution in [2.45, 2.75) is 19.4 Å². The summed E-state index contributed by atoms with van der Waals surface area (Å²) < 4.78 is 0. The van der Waals surface area contributed by atoms with Crippen LogP contribution in [0, 0.1) is 0 Å². The predicted octanol–water partition coefficient (Wildman–Crippen LogP) is 2.19. The molecule has 18 heavy (non-hydrogen) atoms. The van der Waals surface area contributed by atoms with Crippen molar-refractivity contribution in [1.82, 2.24) is 5.32 Å². The maximum absolute atomic E-state index is 11.5. The van der Waals surface area contributed by atoms with Crippen LogP contribution < -0.4 is 11.1 Å². The summed E-state index contributed by atoms with van der Waals surface area (Å²) in [4.78, 5) is 11.5. The molecule has 0 radical (unpaired) electrons. The Bertz CT molecular complexity index is 537. The van der Waals surface area contributed by atoms with E-state index < -0.39 is 0 Å². The van der Waals surface area contributed by atoms with Gasteiger partial charge in [-0.2, -0.15) is 0 Å². The molecule has 0 bridgehead atoms. The number of fused-ring (bicyclic) bond motifs is 1. The monoisotopic (exact) mass is 242 g/mol. The zero-order valence-electron chi connectivity index (χ0n) is 10.4. The van der Waals surface area contributed by atoms with Gasteiger partial charge in [0, 0.05) is 13.0 Å². The highest BCUT2D eigenvalue weighted by Crippen LogP contribution is 2.15. The number of carbonyl (C=O) groups is 1. The van der Waals surface area contributed by atoms with Gasteiger partial charge in [-0.1, -0.05) is 36.4 Å². The van der Waals surface area contributed by atoms with E-state index in [2.05, 4.69) is 29.6 Å². The van der Waals surface area contributed by atoms with Crippen molar-refractivity contribution < 1.29 is 4.79 Å². The number of carbonyl (C=O) groups excluding carboxylic acids is 1. The van der Waals surface area contributed by atoms with Crippen LogP contribution in [-0.2, 0) is 11.3 Å². The van der Waals surface area contributed by atoms with E-state index in [9.17, 15) is 4.79 Å². The quantitative estimate of drug-likeness (QED) is 0.844. The molecule has 0 saturated heterocycles. The van der Waals surface area contributed by atoms with Crippen molar-refractivity contribution >= 4 is 16.7 Å². The van der Waals surface area contributed by atoms with Crippen LogP contribution in [0.1, 0.15) is 18.4 Å². The fourth-order valence-corrected chi connectivity index (χ4v) is 1.90. The van der Waals surface area contributed by atoms with E-state index >= 15 is 0 Å². The Kier molecular flexibility index (Phi) is 4.31. The second-order valence-electron chi connectivity index (χ2n) is 4.35. The number of rotatable bonds is 5. The fraction of sp³-hybridized carbons (Fsp3) is 0.267. The Morgan fingerprint density at radius 1 is 1.11 bits per heavy atom. The van der Waals surface area contributed by atoms with Crippen LogP contribution in [0.15, 0.2) is 42.5 Å². The molecule has 0 aromatic heterocycles. The highest BCUT2D eigenvalue weighted by atomic mass is 16.1. The molecular weight excluding hydrogens is 224 g/mol. The summed E-state index contributed by atoms with van der Waals surface area (Å²) in [5, 5.41) is 5.32. The van der Waals surface area contributed by atoms with Gasteiger partial charge in [0.05, 0.1) is 0 Å². The Morgan fingerprint density at radius 3 is 2.67 bits per heavy atom. The Morgan fingerprint density at radius 2 is 1.89 bits per heavy atom. The summed E-state index contributed by atoms with van der Waals surface area (Å²) >= 11 is 0. The Balaban J connectivity index is 1.97. The summed E-state index contributed by atoms with van der Waals surface area (Å²) in [7, 11) is 0. The first kappa shape index (κ1) is 12.6. The van der Waals surface area contributed by atoms with E-state index in [0.29, 0.717) is 19.5 Å². The normalized spacial score (nSPS) is 10.5. The zero-order chi connectivity index (χ0) is 12.8. The minimum absolute atomic E-state index is 0.0635. The third kappa shape index (κ3) is 3.31. The van der Waals surface area contributed by atoms with Crippen molar-refractivity contribution in [3.05, 3.63) is 48.0 Å². The number of benzene rings is 2. The lowest BCUT2D eigenvalue weighted by molar-refractivity contribution is -0.121. The molecule has 0 atom stereocenters. The molecule has 94 valence electrons. The van der Waals surface area contributed by atoms with Gasteiger partial charge in [-0.05, 0) is 35.4 Å². The maximum atomic E-state index is 11.5. The minimum atomic E-state index is 0.0635. The number of nitrogens with one attached hydrogen (secondary N) is 1. The smallest absolute Gasteiger partial charge is 0.220 e. The van der Waals surface area contributed by atoms with E-state index in [0.717, 1.165) is 12.0 Å². The maximum Gasteiger partial charge on any atom is 0.220 e. The molecule has 2 aromatic carbocycles. The van der Waals surface area contributed by atoms with Crippen LogP contribution in [0.2, 0.25) is 0 Å². The van der Waals surface area contributed by atoms with Gasteiger partial charge in [0.1, 0.15) is 0 Å². The van der Waals surface area contributed by atoms with Crippen molar-refractivity contribution in [2.24, 2.45) is 5.73 Å². The second kappa shape index (κ2) is 6.17. The standard InChI is InChI=1S/C15H18N2O/c16-9-3-6-15(18)17-11-12-7-8-13-4-1-2-5-14(13)10-12/h1-2,4-5,7-8,10H,3,6,9,11,16H2,(H,17,18). The van der Waals surface area contributed by atoms with Crippen molar-refractivity contribution in [2.75, 3.05) is 6.54 Å². The van der Waals surface area contributed by atoms with Gasteiger partial charge in [0.15, 0.2) is 0 Å². The molecule has 2 rings (SSSR count). The van der Waals surface area contributed by atoms with Crippen LogP contribution in [-0.4, -0.2) is 12.5 Å². The molecule has 0 saturated carbocycles. The highest BCUT2D eigenvalue weighted by Gasteiger charge is 2.01. The molecule has 3 nitrogen and oxygen atoms in total. The summed E-state index contributed by atoms with van der Waals surface area (Å²) in [5.74, 6) is 0.0635. The van der Waals surface area contributed by atoms with Gasteiger partial charge >= 0.3 is 0 Å². The van der Waals surface area contributed by atoms with Gasteiger partial charge in [-0.3, -0.25) is 4.79 Å². The molecule has 3 N–H and O–H groups in total. The van der Waals surface area contributed by atoms with Crippen LogP contribution in [0.4, 0.5) is 0 Å². The molecular formula is C15H18N2O. The third-order valence-corrected chi connectivity index (χ3v) is 2.91. The molecule has 0 aliphatic heterocycles. The van der Waals surface area contributed by atoms with Gasteiger partial charge in [0.2, 0.25) is 5.91 Å². The second-order valence-corrected chi connectivity index (χ2v) is 4.35. The largest absolute Gasteiger partial charge is 0.352 e. The topological polar surface area (TPSA) is 55.1 Å². The van der Waals surface area contributed by atoms with E-state index in [1.807, 2.05) is 18.2 Å². The fourth-order valence-electron chi connectivity index (χ4n) is 1.90. The summed E-state index contributed by atoms with van der Waals surface area (Å²) in [6, 6.07) is 14.4. The SMILES string of the molecule is NCCCC(=O)NCc1ccc2ccccc2c1. The molecule has 0 fully saturated rings. The molecule has 0 unspecified atom stereocenters. The zero-order valence-corrected chi connectivity index (χ0v) is 10.4. The summed E-state index contributed by atoms with van der Waals surface area (Å²) in [5.41, 5.74) is 6.49. The van der Waals surface area contributed by atoms with E-state index in [1.165, 1.54) is 10.8 Å². The molecule has 0 aliphatic carbocycles. The van der Waals surface area contributed by atoms with Gasteiger partial charge in [-0.15, -0.1) is 0 Å². The van der Waals surface area contributed by atoms with Crippen LogP contribution >= 0.6 is 0 Å². The number of amides is 1. The lowest BCUT2D eigenvalue weighted by atomic mass is 10.1. The number of hydrogen-bond donors (Lipinski definition) is 2. The van der Waals surface area contributed by atoms with E-state index in [-0.39, 0.29) is 5.91 Å². The van der Waals surface area contributed by atoms with Crippen molar-refractivity contribution in [3.63, 3.8) is 0 Å². The number of nitrogens with two attached hydrogens (primary N) is 1. The van der Waals surface area contributed by atoms with Gasteiger partial charge < -0.3 is 11.1 Å². The molecule has 2 aromatic rings. The van der Waals surface area contributed by atoms with E-state index in [1.54, 1.807) is 0 Å². The number of hydrogen-bond acceptors (Lipinski definition) is 2. The van der Waals surface area contributed by atoms with Gasteiger partial charge in [0.25, 0.3) is 0 Å². The first-order chi connectivity index (χ1) is 8.79. The first-order valence-electron chi connectivity index (χ1n) is 6.24. The summed E-state index contributed by atoms with van der Waals surface area (Å²) in [6.45, 7) is 1.14. The van der Waals surface area contributed by atoms with Crippen LogP contribution in [0.5, 0.6) is 0 Å². The average molecular weight is 242 g/mol. The van der Waals surface area contributed by atoms with Crippen molar-refractivity contribution in [1.29, 1.82) is 0 Å². The van der Waals surface area contributed by atoms with Crippen molar-refractivity contribution in [3.8, 4) is 0 Å². The molecule has 0 spiro atoms. The molecule has 0 aliphatic rings. The summed E-state index contributed by atoms with van der Waals surface area (Å²) in [6.07, 6.45) is 1.24. The average Bonchev–Trinajstić information content (AvgIpc) is 2.42. The minimum Gasteiger partial charge on any atom is -0.352 e. The lowest BCUT2D eigenvalue weighted by Gasteiger charge is -2.06. The highest BCUT2D eigenvalue weighted by molar-refractivity contribution is 5.83. The molecule has 1 amide bonds.